The first kappa shape index (κ1) is 17.6. The van der Waals surface area contributed by atoms with Crippen molar-refractivity contribution in [3.8, 4) is 0 Å². The van der Waals surface area contributed by atoms with Gasteiger partial charge in [0.15, 0.2) is 0 Å². The average Bonchev–Trinajstić information content (AvgIpc) is 2.55. The summed E-state index contributed by atoms with van der Waals surface area (Å²) >= 11 is 5.88. The van der Waals surface area contributed by atoms with E-state index in [1.54, 1.807) is 19.2 Å². The Labute approximate surface area is 135 Å². The number of morpholine rings is 1. The minimum absolute atomic E-state index is 0.0107. The normalized spacial score (nSPS) is 21.5. The Kier molecular flexibility index (Phi) is 6.59. The molecule has 0 spiro atoms. The van der Waals surface area contributed by atoms with E-state index in [4.69, 9.17) is 21.1 Å². The fourth-order valence-electron chi connectivity index (χ4n) is 2.82. The van der Waals surface area contributed by atoms with Crippen LogP contribution in [0.2, 0.25) is 5.02 Å². The molecule has 1 aliphatic rings. The number of hydrogen-bond donors (Lipinski definition) is 2. The number of aliphatic hydroxyl groups is 1. The van der Waals surface area contributed by atoms with Gasteiger partial charge in [0.1, 0.15) is 17.5 Å². The van der Waals surface area contributed by atoms with E-state index in [-0.39, 0.29) is 10.6 Å². The Morgan fingerprint density at radius 1 is 1.50 bits per heavy atom. The van der Waals surface area contributed by atoms with Crippen LogP contribution in [0.3, 0.4) is 0 Å². The van der Waals surface area contributed by atoms with E-state index in [2.05, 4.69) is 5.32 Å². The molecule has 1 fully saturated rings. The van der Waals surface area contributed by atoms with Gasteiger partial charge in [0.2, 0.25) is 0 Å². The van der Waals surface area contributed by atoms with Gasteiger partial charge in [0.25, 0.3) is 0 Å². The van der Waals surface area contributed by atoms with Crippen LogP contribution in [0.5, 0.6) is 0 Å². The molecule has 2 N–H and O–H groups in total. The lowest BCUT2D eigenvalue weighted by Crippen LogP contribution is -2.51. The maximum atomic E-state index is 14.4. The number of benzene rings is 1. The summed E-state index contributed by atoms with van der Waals surface area (Å²) in [6.45, 7) is 2.31. The van der Waals surface area contributed by atoms with Crippen LogP contribution in [-0.2, 0) is 15.1 Å². The highest BCUT2D eigenvalue weighted by Gasteiger charge is 2.42. The van der Waals surface area contributed by atoms with Crippen molar-refractivity contribution < 1.29 is 19.0 Å². The number of rotatable bonds is 7. The lowest BCUT2D eigenvalue weighted by Gasteiger charge is -2.39. The topological polar surface area (TPSA) is 50.7 Å². The number of hydrogen-bond acceptors (Lipinski definition) is 4. The van der Waals surface area contributed by atoms with Gasteiger partial charge in [-0.25, -0.2) is 4.39 Å². The molecule has 0 aliphatic carbocycles. The van der Waals surface area contributed by atoms with Crippen molar-refractivity contribution in [1.82, 2.24) is 5.32 Å². The molecule has 0 bridgehead atoms. The Morgan fingerprint density at radius 2 is 2.32 bits per heavy atom. The molecule has 1 aromatic rings. The summed E-state index contributed by atoms with van der Waals surface area (Å²) < 4.78 is 25.2. The second kappa shape index (κ2) is 8.22. The summed E-state index contributed by atoms with van der Waals surface area (Å²) in [7, 11) is 1.64. The predicted molar refractivity (Wildman–Crippen MR) is 83.6 cm³/mol. The van der Waals surface area contributed by atoms with Gasteiger partial charge >= 0.3 is 0 Å². The minimum atomic E-state index is -1.41. The number of halogens is 2. The zero-order chi connectivity index (χ0) is 16.0. The largest absolute Gasteiger partial charge is 0.385 e. The van der Waals surface area contributed by atoms with Gasteiger partial charge in [-0.3, -0.25) is 0 Å². The van der Waals surface area contributed by atoms with Crippen molar-refractivity contribution >= 4 is 11.6 Å². The first-order valence-corrected chi connectivity index (χ1v) is 7.95. The van der Waals surface area contributed by atoms with E-state index < -0.39 is 17.5 Å². The molecule has 2 unspecified atom stereocenters. The summed E-state index contributed by atoms with van der Waals surface area (Å²) in [4.78, 5) is 0. The van der Waals surface area contributed by atoms with E-state index in [0.717, 1.165) is 13.0 Å². The molecule has 1 aromatic carbocycles. The Bertz CT molecular complexity index is 482. The van der Waals surface area contributed by atoms with Crippen molar-refractivity contribution in [2.24, 2.45) is 0 Å². The van der Waals surface area contributed by atoms with Crippen molar-refractivity contribution in [2.75, 3.05) is 33.4 Å². The van der Waals surface area contributed by atoms with Gasteiger partial charge in [0.05, 0.1) is 11.6 Å². The number of unbranched alkanes of at least 4 members (excludes halogenated alkanes) is 1. The summed E-state index contributed by atoms with van der Waals surface area (Å²) in [6, 6.07) is 4.71. The first-order valence-electron chi connectivity index (χ1n) is 7.57. The molecule has 124 valence electrons. The third-order valence-corrected chi connectivity index (χ3v) is 4.33. The number of nitrogens with one attached hydrogen (secondary N) is 1. The van der Waals surface area contributed by atoms with Crippen LogP contribution in [0.4, 0.5) is 4.39 Å². The van der Waals surface area contributed by atoms with E-state index in [9.17, 15) is 9.50 Å². The van der Waals surface area contributed by atoms with Crippen LogP contribution in [0.15, 0.2) is 18.2 Å². The fraction of sp³-hybridized carbons (Fsp3) is 0.625. The van der Waals surface area contributed by atoms with Gasteiger partial charge in [-0.05, 0) is 25.3 Å². The molecule has 1 aliphatic heterocycles. The van der Waals surface area contributed by atoms with Gasteiger partial charge in [-0.2, -0.15) is 0 Å². The van der Waals surface area contributed by atoms with E-state index >= 15 is 0 Å². The molecule has 1 heterocycles. The molecule has 4 nitrogen and oxygen atoms in total. The van der Waals surface area contributed by atoms with Crippen LogP contribution in [0.1, 0.15) is 24.8 Å². The zero-order valence-electron chi connectivity index (χ0n) is 12.8. The van der Waals surface area contributed by atoms with Crippen LogP contribution >= 0.6 is 11.6 Å². The average molecular weight is 332 g/mol. The van der Waals surface area contributed by atoms with Crippen LogP contribution in [0.25, 0.3) is 0 Å². The molecular formula is C16H23ClFNO3. The van der Waals surface area contributed by atoms with Crippen LogP contribution in [-0.4, -0.2) is 44.6 Å². The fourth-order valence-corrected chi connectivity index (χ4v) is 2.99. The summed E-state index contributed by atoms with van der Waals surface area (Å²) in [6.07, 6.45) is 1.38. The Morgan fingerprint density at radius 3 is 3.00 bits per heavy atom. The maximum absolute atomic E-state index is 14.4. The molecule has 2 rings (SSSR count). The van der Waals surface area contributed by atoms with E-state index in [1.165, 1.54) is 6.07 Å². The minimum Gasteiger partial charge on any atom is -0.385 e. The lowest BCUT2D eigenvalue weighted by molar-refractivity contribution is -0.131. The molecule has 0 aromatic heterocycles. The summed E-state index contributed by atoms with van der Waals surface area (Å²) in [5.74, 6) is -0.576. The number of methoxy groups -OCH3 is 1. The van der Waals surface area contributed by atoms with Crippen LogP contribution < -0.4 is 5.32 Å². The highest BCUT2D eigenvalue weighted by molar-refractivity contribution is 6.30. The second-order valence-corrected chi connectivity index (χ2v) is 5.95. The van der Waals surface area contributed by atoms with Gasteiger partial charge < -0.3 is 19.9 Å². The van der Waals surface area contributed by atoms with E-state index in [0.29, 0.717) is 32.6 Å². The van der Waals surface area contributed by atoms with E-state index in [1.807, 2.05) is 0 Å². The third-order valence-electron chi connectivity index (χ3n) is 4.03. The summed E-state index contributed by atoms with van der Waals surface area (Å²) in [5.41, 5.74) is -1.21. The van der Waals surface area contributed by atoms with Gasteiger partial charge in [-0.15, -0.1) is 0 Å². The lowest BCUT2D eigenvalue weighted by atomic mass is 9.82. The van der Waals surface area contributed by atoms with Crippen molar-refractivity contribution in [3.05, 3.63) is 34.6 Å². The third kappa shape index (κ3) is 3.97. The molecule has 0 saturated carbocycles. The molecule has 0 amide bonds. The van der Waals surface area contributed by atoms with Gasteiger partial charge in [0, 0.05) is 32.4 Å². The quantitative estimate of drug-likeness (QED) is 0.754. The maximum Gasteiger partial charge on any atom is 0.147 e. The molecule has 22 heavy (non-hydrogen) atoms. The summed E-state index contributed by atoms with van der Waals surface area (Å²) in [5, 5.41) is 14.4. The molecule has 1 saturated heterocycles. The highest BCUT2D eigenvalue weighted by atomic mass is 35.5. The Hall–Kier alpha value is -0.720. The van der Waals surface area contributed by atoms with Crippen molar-refractivity contribution in [3.63, 3.8) is 0 Å². The number of ether oxygens (including phenoxy) is 2. The smallest absolute Gasteiger partial charge is 0.147 e. The standard InChI is InChI=1S/C16H23ClFNO3/c1-21-9-3-2-7-16(20,14-11-19-8-10-22-14)12-5-4-6-13(17)15(12)18/h4-6,14,19-20H,2-3,7-11H2,1H3. The van der Waals surface area contributed by atoms with Gasteiger partial charge in [-0.1, -0.05) is 23.7 Å². The molecule has 2 atom stereocenters. The molecule has 6 heteroatoms. The highest BCUT2D eigenvalue weighted by Crippen LogP contribution is 2.36. The SMILES string of the molecule is COCCCCC(O)(c1cccc(Cl)c1F)C1CNCCO1. The van der Waals surface area contributed by atoms with Crippen LogP contribution in [0, 0.1) is 5.82 Å². The first-order chi connectivity index (χ1) is 10.6. The zero-order valence-corrected chi connectivity index (χ0v) is 13.5. The van der Waals surface area contributed by atoms with Crippen molar-refractivity contribution in [2.45, 2.75) is 31.0 Å². The molecule has 0 radical (unpaired) electrons. The monoisotopic (exact) mass is 331 g/mol. The predicted octanol–water partition coefficient (Wildman–Crippen LogP) is 2.47. The molecular weight excluding hydrogens is 309 g/mol. The second-order valence-electron chi connectivity index (χ2n) is 5.54. The van der Waals surface area contributed by atoms with Crippen molar-refractivity contribution in [1.29, 1.82) is 0 Å². The Balaban J connectivity index is 2.25.